The molecular weight excluding hydrogens is 234 g/mol. The van der Waals surface area contributed by atoms with Crippen molar-refractivity contribution in [2.45, 2.75) is 59.1 Å². The number of ether oxygens (including phenoxy) is 1. The molecule has 0 aromatic heterocycles. The number of nitrogens with zero attached hydrogens (tertiary/aromatic N) is 1. The minimum Gasteiger partial charge on any atom is -0.481 e. The van der Waals surface area contributed by atoms with Gasteiger partial charge in [0, 0.05) is 13.1 Å². The Morgan fingerprint density at radius 1 is 1.22 bits per heavy atom. The molecule has 0 aliphatic heterocycles. The van der Waals surface area contributed by atoms with E-state index in [1.807, 2.05) is 27.7 Å². The van der Waals surface area contributed by atoms with Gasteiger partial charge in [-0.15, -0.1) is 0 Å². The molecule has 2 unspecified atom stereocenters. The summed E-state index contributed by atoms with van der Waals surface area (Å²) >= 11 is 0. The van der Waals surface area contributed by atoms with Gasteiger partial charge in [0.25, 0.3) is 0 Å². The van der Waals surface area contributed by atoms with E-state index in [0.717, 1.165) is 0 Å². The summed E-state index contributed by atoms with van der Waals surface area (Å²) in [6.07, 6.45) is 0.810. The van der Waals surface area contributed by atoms with Gasteiger partial charge in [0.15, 0.2) is 0 Å². The summed E-state index contributed by atoms with van der Waals surface area (Å²) in [6.45, 7) is 9.00. The highest BCUT2D eigenvalue weighted by atomic mass is 16.6. The minimum atomic E-state index is -0.804. The molecule has 1 N–H and O–H groups in total. The first-order valence-electron chi connectivity index (χ1n) is 6.23. The van der Waals surface area contributed by atoms with Crippen molar-refractivity contribution >= 4 is 12.1 Å². The van der Waals surface area contributed by atoms with Gasteiger partial charge in [-0.1, -0.05) is 6.92 Å². The van der Waals surface area contributed by atoms with Gasteiger partial charge in [-0.05, 0) is 40.5 Å². The predicted octanol–water partition coefficient (Wildman–Crippen LogP) is 2.74. The highest BCUT2D eigenvalue weighted by Crippen LogP contribution is 2.15. The first kappa shape index (κ1) is 16.7. The van der Waals surface area contributed by atoms with Gasteiger partial charge >= 0.3 is 12.1 Å². The lowest BCUT2D eigenvalue weighted by molar-refractivity contribution is -0.141. The zero-order chi connectivity index (χ0) is 14.5. The summed E-state index contributed by atoms with van der Waals surface area (Å²) in [5, 5.41) is 8.79. The van der Waals surface area contributed by atoms with Gasteiger partial charge < -0.3 is 14.7 Å². The third-order valence-electron chi connectivity index (χ3n) is 2.78. The summed E-state index contributed by atoms with van der Waals surface area (Å²) in [4.78, 5) is 24.0. The van der Waals surface area contributed by atoms with E-state index >= 15 is 0 Å². The van der Waals surface area contributed by atoms with Gasteiger partial charge in [0.2, 0.25) is 0 Å². The van der Waals surface area contributed by atoms with Gasteiger partial charge in [-0.2, -0.15) is 0 Å². The van der Waals surface area contributed by atoms with E-state index in [2.05, 4.69) is 0 Å². The topological polar surface area (TPSA) is 66.8 Å². The molecule has 0 radical (unpaired) electrons. The normalized spacial score (nSPS) is 14.8. The van der Waals surface area contributed by atoms with Crippen molar-refractivity contribution in [3.8, 4) is 0 Å². The Bertz CT molecular complexity index is 296. The predicted molar refractivity (Wildman–Crippen MR) is 69.5 cm³/mol. The summed E-state index contributed by atoms with van der Waals surface area (Å²) in [5.41, 5.74) is -0.514. The molecule has 0 bridgehead atoms. The Morgan fingerprint density at radius 2 is 1.72 bits per heavy atom. The first-order valence-corrected chi connectivity index (χ1v) is 6.23. The number of aliphatic carboxylic acids is 1. The Kier molecular flexibility index (Phi) is 6.15. The maximum absolute atomic E-state index is 11.8. The highest BCUT2D eigenvalue weighted by Gasteiger charge is 2.23. The molecular formula is C13H25NO4. The lowest BCUT2D eigenvalue weighted by atomic mass is 10.0. The van der Waals surface area contributed by atoms with Crippen LogP contribution in [0.3, 0.4) is 0 Å². The lowest BCUT2D eigenvalue weighted by Crippen LogP contribution is -2.39. The van der Waals surface area contributed by atoms with Crippen LogP contribution in [0, 0.1) is 5.92 Å². The number of carbonyl (C=O) groups is 2. The van der Waals surface area contributed by atoms with Crippen LogP contribution in [0.5, 0.6) is 0 Å². The maximum Gasteiger partial charge on any atom is 0.410 e. The first-order chi connectivity index (χ1) is 8.04. The fraction of sp³-hybridized carbons (Fsp3) is 0.846. The monoisotopic (exact) mass is 259 g/mol. The molecule has 0 aliphatic rings. The van der Waals surface area contributed by atoms with Crippen LogP contribution in [-0.4, -0.2) is 40.8 Å². The zero-order valence-corrected chi connectivity index (χ0v) is 12.2. The van der Waals surface area contributed by atoms with Crippen LogP contribution in [-0.2, 0) is 9.53 Å². The highest BCUT2D eigenvalue weighted by molar-refractivity contribution is 5.69. The molecule has 5 heteroatoms. The molecule has 0 aliphatic carbocycles. The SMILES string of the molecule is CC(CCC(C)N(C)C(=O)OC(C)(C)C)C(=O)O. The molecule has 0 heterocycles. The maximum atomic E-state index is 11.8. The standard InChI is InChI=1S/C13H25NO4/c1-9(11(15)16)7-8-10(2)14(6)12(17)18-13(3,4)5/h9-10H,7-8H2,1-6H3,(H,15,16). The second-order valence-electron chi connectivity index (χ2n) is 5.76. The van der Waals surface area contributed by atoms with E-state index < -0.39 is 11.6 Å². The Balaban J connectivity index is 4.22. The molecule has 106 valence electrons. The molecule has 0 rings (SSSR count). The smallest absolute Gasteiger partial charge is 0.410 e. The van der Waals surface area contributed by atoms with Crippen LogP contribution in [0.15, 0.2) is 0 Å². The molecule has 0 fully saturated rings. The Hall–Kier alpha value is -1.26. The van der Waals surface area contributed by atoms with Crippen LogP contribution >= 0.6 is 0 Å². The molecule has 0 saturated heterocycles. The van der Waals surface area contributed by atoms with E-state index in [9.17, 15) is 9.59 Å². The molecule has 0 spiro atoms. The molecule has 5 nitrogen and oxygen atoms in total. The fourth-order valence-electron chi connectivity index (χ4n) is 1.32. The lowest BCUT2D eigenvalue weighted by Gasteiger charge is -2.29. The van der Waals surface area contributed by atoms with E-state index in [-0.39, 0.29) is 18.1 Å². The van der Waals surface area contributed by atoms with Crippen molar-refractivity contribution in [1.82, 2.24) is 4.90 Å². The molecule has 0 aromatic rings. The summed E-state index contributed by atoms with van der Waals surface area (Å²) in [6, 6.07) is -0.0401. The molecule has 2 atom stereocenters. The third-order valence-corrected chi connectivity index (χ3v) is 2.78. The van der Waals surface area contributed by atoms with Crippen LogP contribution in [0.2, 0.25) is 0 Å². The number of amides is 1. The molecule has 0 saturated carbocycles. The van der Waals surface area contributed by atoms with E-state index in [1.54, 1.807) is 14.0 Å². The van der Waals surface area contributed by atoms with Crippen molar-refractivity contribution in [2.75, 3.05) is 7.05 Å². The Morgan fingerprint density at radius 3 is 2.11 bits per heavy atom. The number of hydrogen-bond donors (Lipinski definition) is 1. The van der Waals surface area contributed by atoms with Crippen molar-refractivity contribution in [3.63, 3.8) is 0 Å². The van der Waals surface area contributed by atoms with Crippen molar-refractivity contribution in [2.24, 2.45) is 5.92 Å². The average Bonchev–Trinajstić information content (AvgIpc) is 2.21. The van der Waals surface area contributed by atoms with Crippen molar-refractivity contribution in [3.05, 3.63) is 0 Å². The zero-order valence-electron chi connectivity index (χ0n) is 12.2. The molecule has 0 aromatic carbocycles. The second kappa shape index (κ2) is 6.61. The quantitative estimate of drug-likeness (QED) is 0.824. The summed E-state index contributed by atoms with van der Waals surface area (Å²) < 4.78 is 5.25. The largest absolute Gasteiger partial charge is 0.481 e. The molecule has 1 amide bonds. The van der Waals surface area contributed by atoms with Gasteiger partial charge in [0.05, 0.1) is 5.92 Å². The van der Waals surface area contributed by atoms with Gasteiger partial charge in [0.1, 0.15) is 5.60 Å². The van der Waals surface area contributed by atoms with E-state index in [1.165, 1.54) is 4.90 Å². The van der Waals surface area contributed by atoms with Crippen LogP contribution in [0.4, 0.5) is 4.79 Å². The number of carboxylic acids is 1. The van der Waals surface area contributed by atoms with E-state index in [4.69, 9.17) is 9.84 Å². The van der Waals surface area contributed by atoms with Crippen LogP contribution < -0.4 is 0 Å². The number of carboxylic acid groups (broad SMARTS) is 1. The van der Waals surface area contributed by atoms with Crippen LogP contribution in [0.25, 0.3) is 0 Å². The number of carbonyl (C=O) groups excluding carboxylic acids is 1. The summed E-state index contributed by atoms with van der Waals surface area (Å²) in [5.74, 6) is -1.19. The minimum absolute atomic E-state index is 0.0401. The van der Waals surface area contributed by atoms with Crippen LogP contribution in [0.1, 0.15) is 47.5 Å². The summed E-state index contributed by atoms with van der Waals surface area (Å²) in [7, 11) is 1.67. The van der Waals surface area contributed by atoms with E-state index in [0.29, 0.717) is 12.8 Å². The third kappa shape index (κ3) is 6.47. The second-order valence-corrected chi connectivity index (χ2v) is 5.76. The average molecular weight is 259 g/mol. The number of rotatable bonds is 5. The Labute approximate surface area is 109 Å². The number of hydrogen-bond acceptors (Lipinski definition) is 3. The van der Waals surface area contributed by atoms with Crippen molar-refractivity contribution in [1.29, 1.82) is 0 Å². The fourth-order valence-corrected chi connectivity index (χ4v) is 1.32. The van der Waals surface area contributed by atoms with Gasteiger partial charge in [-0.25, -0.2) is 4.79 Å². The molecule has 18 heavy (non-hydrogen) atoms. The van der Waals surface area contributed by atoms with Crippen molar-refractivity contribution < 1.29 is 19.4 Å². The van der Waals surface area contributed by atoms with Gasteiger partial charge in [-0.3, -0.25) is 4.79 Å².